The fourth-order valence-electron chi connectivity index (χ4n) is 7.39. The third kappa shape index (κ3) is 7.09. The van der Waals surface area contributed by atoms with Crippen molar-refractivity contribution in [3.63, 3.8) is 0 Å². The topological polar surface area (TPSA) is 128 Å². The van der Waals surface area contributed by atoms with Crippen LogP contribution in [-0.2, 0) is 11.3 Å². The Hall–Kier alpha value is -5.41. The summed E-state index contributed by atoms with van der Waals surface area (Å²) in [5.41, 5.74) is 3.39. The molecule has 0 radical (unpaired) electrons. The molecular formula is C41H36ClF2N7O4S. The highest BCUT2D eigenvalue weighted by Gasteiger charge is 2.48. The van der Waals surface area contributed by atoms with Crippen LogP contribution in [0.25, 0.3) is 37.9 Å². The highest BCUT2D eigenvalue weighted by Crippen LogP contribution is 2.41. The maximum absolute atomic E-state index is 14.3. The number of thiophene rings is 1. The molecule has 8 rings (SSSR count). The largest absolute Gasteiger partial charge is 0.473 e. The second kappa shape index (κ2) is 14.3. The Morgan fingerprint density at radius 1 is 1.12 bits per heavy atom. The Kier molecular flexibility index (Phi) is 9.56. The van der Waals surface area contributed by atoms with Gasteiger partial charge in [-0.3, -0.25) is 19.2 Å². The number of halogens is 3. The Morgan fingerprint density at radius 2 is 1.89 bits per heavy atom. The zero-order valence-corrected chi connectivity index (χ0v) is 32.6. The number of aromatic nitrogens is 5. The number of esters is 1. The van der Waals surface area contributed by atoms with E-state index in [1.165, 1.54) is 22.1 Å². The number of hydrogen-bond donors (Lipinski definition) is 0. The van der Waals surface area contributed by atoms with E-state index in [1.54, 1.807) is 47.3 Å². The first-order valence-corrected chi connectivity index (χ1v) is 19.4. The summed E-state index contributed by atoms with van der Waals surface area (Å²) >= 11 is 7.87. The molecule has 6 aromatic rings. The van der Waals surface area contributed by atoms with E-state index in [-0.39, 0.29) is 48.4 Å². The zero-order chi connectivity index (χ0) is 39.5. The molecule has 1 aliphatic carbocycles. The molecule has 56 heavy (non-hydrogen) atoms. The van der Waals surface area contributed by atoms with Crippen LogP contribution >= 0.6 is 22.9 Å². The number of aryl methyl sites for hydroxylation is 1. The molecule has 1 aromatic carbocycles. The van der Waals surface area contributed by atoms with Gasteiger partial charge in [0.25, 0.3) is 11.5 Å². The third-order valence-electron chi connectivity index (χ3n) is 10.1. The number of benzene rings is 1. The number of pyridine rings is 2. The lowest BCUT2D eigenvalue weighted by atomic mass is 9.85. The summed E-state index contributed by atoms with van der Waals surface area (Å²) < 4.78 is 42.6. The van der Waals surface area contributed by atoms with Crippen molar-refractivity contribution >= 4 is 55.7 Å². The van der Waals surface area contributed by atoms with Crippen molar-refractivity contribution in [2.75, 3.05) is 13.1 Å². The fraction of sp³-hybridized carbons (Fsp3) is 0.366. The standard InChI is InChI=1S/C41H36ClF2N7O4S/c1-23-16-33-50(13-5-6-24-7-8-25(42)17-29(24)28-9-12-46-35-31(22-56-36(28)35)39(53)55-40(2,3)4)38(52)34-30(20-45)37(47-21-32(34)51(33)48-23)54-27-10-14-49(15-11-27)26-18-41(43,44)19-26/h7-9,12,16-17,21-22,26-27H,10-11,13-15,18-19H2,1-4H3. The molecule has 1 saturated carbocycles. The van der Waals surface area contributed by atoms with Crippen LogP contribution in [0.2, 0.25) is 5.02 Å². The smallest absolute Gasteiger partial charge is 0.341 e. The minimum atomic E-state index is -2.59. The Balaban J connectivity index is 1.12. The number of ether oxygens (including phenoxy) is 2. The number of piperidine rings is 1. The van der Waals surface area contributed by atoms with E-state index < -0.39 is 23.1 Å². The van der Waals surface area contributed by atoms with Crippen LogP contribution in [0.5, 0.6) is 5.88 Å². The molecule has 11 nitrogen and oxygen atoms in total. The summed E-state index contributed by atoms with van der Waals surface area (Å²) in [6, 6.07) is 11.0. The minimum absolute atomic E-state index is 0.00582. The van der Waals surface area contributed by atoms with Gasteiger partial charge in [0.15, 0.2) is 0 Å². The number of hydrogen-bond acceptors (Lipinski definition) is 10. The molecule has 0 unspecified atom stereocenters. The molecular weight excluding hydrogens is 760 g/mol. The average molecular weight is 796 g/mol. The van der Waals surface area contributed by atoms with Crippen LogP contribution in [0, 0.1) is 30.1 Å². The summed E-state index contributed by atoms with van der Waals surface area (Å²) in [6.45, 7) is 8.39. The van der Waals surface area contributed by atoms with Gasteiger partial charge in [-0.1, -0.05) is 23.4 Å². The van der Waals surface area contributed by atoms with Gasteiger partial charge in [-0.15, -0.1) is 11.3 Å². The van der Waals surface area contributed by atoms with Gasteiger partial charge in [0.2, 0.25) is 5.88 Å². The molecule has 0 spiro atoms. The van der Waals surface area contributed by atoms with Gasteiger partial charge in [-0.05, 0) is 64.8 Å². The van der Waals surface area contributed by atoms with Crippen molar-refractivity contribution in [3.05, 3.63) is 85.9 Å². The molecule has 5 aromatic heterocycles. The molecule has 0 amide bonds. The van der Waals surface area contributed by atoms with Gasteiger partial charge in [0.05, 0.1) is 45.1 Å². The van der Waals surface area contributed by atoms with Crippen molar-refractivity contribution in [1.82, 2.24) is 29.0 Å². The number of carbonyl (C=O) groups is 1. The van der Waals surface area contributed by atoms with E-state index >= 15 is 0 Å². The lowest BCUT2D eigenvalue weighted by molar-refractivity contribution is -0.129. The predicted molar refractivity (Wildman–Crippen MR) is 210 cm³/mol. The van der Waals surface area contributed by atoms with Crippen LogP contribution in [0.15, 0.2) is 52.9 Å². The summed E-state index contributed by atoms with van der Waals surface area (Å²) in [5, 5.41) is 17.3. The van der Waals surface area contributed by atoms with E-state index in [0.29, 0.717) is 64.5 Å². The van der Waals surface area contributed by atoms with Gasteiger partial charge in [-0.25, -0.2) is 23.1 Å². The molecule has 286 valence electrons. The maximum Gasteiger partial charge on any atom is 0.341 e. The number of rotatable bonds is 6. The van der Waals surface area contributed by atoms with Gasteiger partial charge in [0.1, 0.15) is 29.0 Å². The van der Waals surface area contributed by atoms with Crippen molar-refractivity contribution in [2.24, 2.45) is 0 Å². The quantitative estimate of drug-likeness (QED) is 0.123. The molecule has 2 fully saturated rings. The normalized spacial score (nSPS) is 16.4. The number of alkyl halides is 2. The monoisotopic (exact) mass is 795 g/mol. The van der Waals surface area contributed by atoms with Crippen molar-refractivity contribution in [2.45, 2.75) is 83.6 Å². The number of likely N-dealkylation sites (tertiary alicyclic amines) is 1. The van der Waals surface area contributed by atoms with E-state index in [9.17, 15) is 23.6 Å². The van der Waals surface area contributed by atoms with Gasteiger partial charge < -0.3 is 9.47 Å². The van der Waals surface area contributed by atoms with Gasteiger partial charge >= 0.3 is 5.97 Å². The van der Waals surface area contributed by atoms with Crippen LogP contribution in [0.4, 0.5) is 8.78 Å². The Labute approximate surface area is 329 Å². The molecule has 0 bridgehead atoms. The SMILES string of the molecule is Cc1cc2n(CC#Cc3ccc(Cl)cc3-c3ccnc4c(C(=O)OC(C)(C)C)csc34)c(=O)c3c(C#N)c(OC4CCN(C5CC(F)(F)C5)CC4)ncc3n2n1. The maximum atomic E-state index is 14.3. The van der Waals surface area contributed by atoms with Crippen LogP contribution < -0.4 is 10.3 Å². The summed E-state index contributed by atoms with van der Waals surface area (Å²) in [4.78, 5) is 38.4. The molecule has 2 aliphatic rings. The summed E-state index contributed by atoms with van der Waals surface area (Å²) in [7, 11) is 0. The first-order valence-electron chi connectivity index (χ1n) is 18.2. The first-order chi connectivity index (χ1) is 26.7. The number of fused-ring (bicyclic) bond motifs is 4. The van der Waals surface area contributed by atoms with E-state index in [1.807, 2.05) is 26.8 Å². The van der Waals surface area contributed by atoms with Crippen LogP contribution in [-0.4, -0.2) is 71.8 Å². The second-order valence-corrected chi connectivity index (χ2v) is 16.5. The molecule has 1 aliphatic heterocycles. The van der Waals surface area contributed by atoms with Gasteiger partial charge in [-0.2, -0.15) is 10.4 Å². The molecule has 1 saturated heterocycles. The average Bonchev–Trinajstić information content (AvgIpc) is 3.76. The van der Waals surface area contributed by atoms with Crippen molar-refractivity contribution < 1.29 is 23.0 Å². The lowest BCUT2D eigenvalue weighted by Gasteiger charge is -2.45. The summed E-state index contributed by atoms with van der Waals surface area (Å²) in [5.74, 6) is 3.38. The number of nitrogens with zero attached hydrogens (tertiary/aromatic N) is 7. The van der Waals surface area contributed by atoms with Crippen molar-refractivity contribution in [3.8, 4) is 34.9 Å². The first kappa shape index (κ1) is 37.5. The Bertz CT molecular complexity index is 2720. The Morgan fingerprint density at radius 3 is 2.61 bits per heavy atom. The number of nitriles is 1. The third-order valence-corrected chi connectivity index (χ3v) is 11.3. The number of carbonyl (C=O) groups excluding carboxylic acids is 1. The fourth-order valence-corrected chi connectivity index (χ4v) is 8.59. The minimum Gasteiger partial charge on any atom is -0.473 e. The molecule has 0 N–H and O–H groups in total. The molecule has 6 heterocycles. The molecule has 0 atom stereocenters. The van der Waals surface area contributed by atoms with Crippen LogP contribution in [0.3, 0.4) is 0 Å². The lowest BCUT2D eigenvalue weighted by Crippen LogP contribution is -2.54. The van der Waals surface area contributed by atoms with E-state index in [4.69, 9.17) is 21.1 Å². The van der Waals surface area contributed by atoms with E-state index in [0.717, 1.165) is 15.8 Å². The van der Waals surface area contributed by atoms with Crippen molar-refractivity contribution in [1.29, 1.82) is 5.26 Å². The zero-order valence-electron chi connectivity index (χ0n) is 31.0. The van der Waals surface area contributed by atoms with Crippen LogP contribution in [0.1, 0.15) is 73.6 Å². The van der Waals surface area contributed by atoms with E-state index in [2.05, 4.69) is 37.9 Å². The highest BCUT2D eigenvalue weighted by atomic mass is 35.5. The summed E-state index contributed by atoms with van der Waals surface area (Å²) in [6.07, 6.45) is 3.75. The second-order valence-electron chi connectivity index (χ2n) is 15.2. The predicted octanol–water partition coefficient (Wildman–Crippen LogP) is 7.80. The highest BCUT2D eigenvalue weighted by molar-refractivity contribution is 7.18. The van der Waals surface area contributed by atoms with Gasteiger partial charge in [0, 0.05) is 71.3 Å². The molecule has 15 heteroatoms.